The number of fused-ring (bicyclic) bond motifs is 1. The van der Waals surface area contributed by atoms with Gasteiger partial charge in [-0.3, -0.25) is 9.58 Å². The number of aryl methyl sites for hydroxylation is 1. The number of aromatic nitrogens is 3. The van der Waals surface area contributed by atoms with Gasteiger partial charge in [-0.05, 0) is 24.2 Å². The highest BCUT2D eigenvalue weighted by molar-refractivity contribution is 5.39. The fraction of sp³-hybridized carbons (Fsp3) is 0.429. The largest absolute Gasteiger partial charge is 0.493 e. The Kier molecular flexibility index (Phi) is 3.21. The van der Waals surface area contributed by atoms with Crippen molar-refractivity contribution in [3.63, 3.8) is 0 Å². The molecule has 0 unspecified atom stereocenters. The molecule has 0 N–H and O–H groups in total. The molecule has 0 saturated carbocycles. The monoisotopic (exact) mass is 258 g/mol. The van der Waals surface area contributed by atoms with Crippen LogP contribution >= 0.6 is 0 Å². The maximum absolute atomic E-state index is 5.52. The Morgan fingerprint density at radius 3 is 3.05 bits per heavy atom. The Labute approximate surface area is 112 Å². The topological polar surface area (TPSA) is 43.2 Å². The molecule has 100 valence electrons. The molecular weight excluding hydrogens is 240 g/mol. The van der Waals surface area contributed by atoms with Crippen molar-refractivity contribution < 1.29 is 4.74 Å². The Hall–Kier alpha value is -1.88. The van der Waals surface area contributed by atoms with Gasteiger partial charge in [0.2, 0.25) is 0 Å². The molecule has 19 heavy (non-hydrogen) atoms. The third-order valence-corrected chi connectivity index (χ3v) is 3.42. The molecule has 1 aromatic heterocycles. The molecule has 2 aromatic rings. The van der Waals surface area contributed by atoms with E-state index in [9.17, 15) is 0 Å². The molecule has 1 aromatic carbocycles. The van der Waals surface area contributed by atoms with Gasteiger partial charge in [-0.15, -0.1) is 0 Å². The summed E-state index contributed by atoms with van der Waals surface area (Å²) in [5.74, 6) is 2.02. The number of hydrogen-bond donors (Lipinski definition) is 0. The molecule has 0 atom stereocenters. The number of benzene rings is 1. The lowest BCUT2D eigenvalue weighted by Crippen LogP contribution is -2.19. The zero-order valence-electron chi connectivity index (χ0n) is 11.3. The normalized spacial score (nSPS) is 13.6. The standard InChI is InChI=1S/C14H18N4O/c1-17(9-14-15-10-16-18(14)2)8-11-3-4-13-12(7-11)5-6-19-13/h3-4,7,10H,5-6,8-9H2,1-2H3. The average molecular weight is 258 g/mol. The molecule has 0 radical (unpaired) electrons. The first-order valence-corrected chi connectivity index (χ1v) is 6.48. The van der Waals surface area contributed by atoms with E-state index in [1.54, 1.807) is 6.33 Å². The van der Waals surface area contributed by atoms with Gasteiger partial charge in [0.25, 0.3) is 0 Å². The first-order valence-electron chi connectivity index (χ1n) is 6.48. The van der Waals surface area contributed by atoms with E-state index >= 15 is 0 Å². The fourth-order valence-electron chi connectivity index (χ4n) is 2.41. The van der Waals surface area contributed by atoms with Gasteiger partial charge in [0, 0.05) is 20.0 Å². The lowest BCUT2D eigenvalue weighted by molar-refractivity contribution is 0.305. The molecule has 5 nitrogen and oxygen atoms in total. The van der Waals surface area contributed by atoms with Crippen molar-refractivity contribution in [2.75, 3.05) is 13.7 Å². The smallest absolute Gasteiger partial charge is 0.140 e. The second kappa shape index (κ2) is 5.01. The van der Waals surface area contributed by atoms with E-state index in [-0.39, 0.29) is 0 Å². The third-order valence-electron chi connectivity index (χ3n) is 3.42. The van der Waals surface area contributed by atoms with Crippen LogP contribution in [0, 0.1) is 0 Å². The molecule has 0 saturated heterocycles. The van der Waals surface area contributed by atoms with Gasteiger partial charge < -0.3 is 4.74 Å². The molecule has 0 amide bonds. The highest BCUT2D eigenvalue weighted by Crippen LogP contribution is 2.26. The van der Waals surface area contributed by atoms with Gasteiger partial charge in [0.05, 0.1) is 13.2 Å². The Morgan fingerprint density at radius 1 is 1.37 bits per heavy atom. The maximum Gasteiger partial charge on any atom is 0.140 e. The van der Waals surface area contributed by atoms with Crippen LogP contribution in [0.3, 0.4) is 0 Å². The third kappa shape index (κ3) is 2.61. The SMILES string of the molecule is CN(Cc1ccc2c(c1)CCO2)Cc1ncnn1C. The summed E-state index contributed by atoms with van der Waals surface area (Å²) < 4.78 is 7.34. The summed E-state index contributed by atoms with van der Waals surface area (Å²) >= 11 is 0. The average Bonchev–Trinajstić information content (AvgIpc) is 2.98. The molecule has 5 heteroatoms. The highest BCUT2D eigenvalue weighted by Gasteiger charge is 2.13. The van der Waals surface area contributed by atoms with Crippen LogP contribution in [0.5, 0.6) is 5.75 Å². The maximum atomic E-state index is 5.52. The van der Waals surface area contributed by atoms with E-state index in [2.05, 4.69) is 40.2 Å². The van der Waals surface area contributed by atoms with Crippen molar-refractivity contribution in [3.05, 3.63) is 41.5 Å². The second-order valence-corrected chi connectivity index (χ2v) is 5.01. The summed E-state index contributed by atoms with van der Waals surface area (Å²) in [7, 11) is 4.02. The number of hydrogen-bond acceptors (Lipinski definition) is 4. The van der Waals surface area contributed by atoms with E-state index in [0.29, 0.717) is 0 Å². The van der Waals surface area contributed by atoms with Crippen LogP contribution in [-0.2, 0) is 26.6 Å². The predicted octanol–water partition coefficient (Wildman–Crippen LogP) is 1.38. The molecule has 1 aliphatic heterocycles. The summed E-state index contributed by atoms with van der Waals surface area (Å²) in [6, 6.07) is 6.46. The van der Waals surface area contributed by atoms with Crippen molar-refractivity contribution >= 4 is 0 Å². The fourth-order valence-corrected chi connectivity index (χ4v) is 2.41. The minimum atomic E-state index is 0.796. The summed E-state index contributed by atoms with van der Waals surface area (Å²) in [4.78, 5) is 6.48. The summed E-state index contributed by atoms with van der Waals surface area (Å²) in [6.45, 7) is 2.51. The molecule has 1 aliphatic rings. The molecule has 0 fully saturated rings. The zero-order valence-corrected chi connectivity index (χ0v) is 11.3. The summed E-state index contributed by atoms with van der Waals surface area (Å²) in [5.41, 5.74) is 2.64. The van der Waals surface area contributed by atoms with E-state index in [0.717, 1.165) is 37.7 Å². The van der Waals surface area contributed by atoms with Crippen LogP contribution in [0.2, 0.25) is 0 Å². The lowest BCUT2D eigenvalue weighted by Gasteiger charge is -2.16. The van der Waals surface area contributed by atoms with Crippen LogP contribution in [0.25, 0.3) is 0 Å². The van der Waals surface area contributed by atoms with Gasteiger partial charge in [0.15, 0.2) is 0 Å². The van der Waals surface area contributed by atoms with E-state index < -0.39 is 0 Å². The first kappa shape index (κ1) is 12.2. The lowest BCUT2D eigenvalue weighted by atomic mass is 10.1. The molecule has 0 aliphatic carbocycles. The molecule has 2 heterocycles. The minimum absolute atomic E-state index is 0.796. The van der Waals surface area contributed by atoms with Crippen LogP contribution in [-0.4, -0.2) is 33.3 Å². The van der Waals surface area contributed by atoms with E-state index in [4.69, 9.17) is 4.74 Å². The first-order chi connectivity index (χ1) is 9.22. The van der Waals surface area contributed by atoms with Crippen molar-refractivity contribution in [1.82, 2.24) is 19.7 Å². The second-order valence-electron chi connectivity index (χ2n) is 5.01. The predicted molar refractivity (Wildman–Crippen MR) is 71.8 cm³/mol. The van der Waals surface area contributed by atoms with Crippen LogP contribution in [0.4, 0.5) is 0 Å². The van der Waals surface area contributed by atoms with E-state index in [1.165, 1.54) is 11.1 Å². The number of nitrogens with zero attached hydrogens (tertiary/aromatic N) is 4. The quantitative estimate of drug-likeness (QED) is 0.831. The Bertz CT molecular complexity index is 579. The van der Waals surface area contributed by atoms with Gasteiger partial charge in [-0.25, -0.2) is 4.98 Å². The summed E-state index contributed by atoms with van der Waals surface area (Å²) in [5, 5.41) is 4.09. The highest BCUT2D eigenvalue weighted by atomic mass is 16.5. The van der Waals surface area contributed by atoms with Gasteiger partial charge in [-0.1, -0.05) is 12.1 Å². The van der Waals surface area contributed by atoms with Crippen molar-refractivity contribution in [3.8, 4) is 5.75 Å². The van der Waals surface area contributed by atoms with Crippen molar-refractivity contribution in [1.29, 1.82) is 0 Å². The van der Waals surface area contributed by atoms with Crippen LogP contribution in [0.1, 0.15) is 17.0 Å². The van der Waals surface area contributed by atoms with E-state index in [1.807, 2.05) is 11.7 Å². The Balaban J connectivity index is 1.66. The van der Waals surface area contributed by atoms with Gasteiger partial charge >= 0.3 is 0 Å². The van der Waals surface area contributed by atoms with Gasteiger partial charge in [0.1, 0.15) is 17.9 Å². The molecule has 0 bridgehead atoms. The molecule has 0 spiro atoms. The van der Waals surface area contributed by atoms with Crippen molar-refractivity contribution in [2.45, 2.75) is 19.5 Å². The van der Waals surface area contributed by atoms with Crippen LogP contribution in [0.15, 0.2) is 24.5 Å². The minimum Gasteiger partial charge on any atom is -0.493 e. The summed E-state index contributed by atoms with van der Waals surface area (Å²) in [6.07, 6.45) is 2.62. The molecule has 3 rings (SSSR count). The van der Waals surface area contributed by atoms with Crippen LogP contribution < -0.4 is 4.74 Å². The molecular formula is C14H18N4O. The Morgan fingerprint density at radius 2 is 2.26 bits per heavy atom. The number of ether oxygens (including phenoxy) is 1. The van der Waals surface area contributed by atoms with Gasteiger partial charge in [-0.2, -0.15) is 5.10 Å². The zero-order chi connectivity index (χ0) is 13.2. The van der Waals surface area contributed by atoms with Crippen molar-refractivity contribution in [2.24, 2.45) is 7.05 Å². The number of rotatable bonds is 4.